The summed E-state index contributed by atoms with van der Waals surface area (Å²) in [5.74, 6) is 0.561. The largest absolute Gasteiger partial charge is 0.309 e. The number of aromatic nitrogens is 1. The number of hydrogen-bond donors (Lipinski definition) is 0. The molecule has 1 amide bonds. The Hall–Kier alpha value is -0.735. The summed E-state index contributed by atoms with van der Waals surface area (Å²) in [6.45, 7) is 2.71. The molecule has 0 N–H and O–H groups in total. The van der Waals surface area contributed by atoms with Crippen molar-refractivity contribution in [1.82, 2.24) is 4.98 Å². The number of nitrogens with zero attached hydrogens (tertiary/aromatic N) is 2. The average Bonchev–Trinajstić information content (AvgIpc) is 2.33. The lowest BCUT2D eigenvalue weighted by Crippen LogP contribution is -2.40. The maximum absolute atomic E-state index is 12.0. The number of halogens is 2. The minimum atomic E-state index is 0.0809. The van der Waals surface area contributed by atoms with Crippen LogP contribution in [0.2, 0.25) is 23.2 Å². The lowest BCUT2D eigenvalue weighted by atomic mass is 9.70. The monoisotopic (exact) mass is 283 g/mol. The normalized spacial score (nSPS) is 20.1. The molecular weight excluding hydrogens is 270 g/mol. The Morgan fingerprint density at radius 2 is 2.11 bits per heavy atom. The van der Waals surface area contributed by atoms with E-state index in [1.54, 1.807) is 4.90 Å². The van der Waals surface area contributed by atoms with Gasteiger partial charge in [-0.05, 0) is 12.3 Å². The number of rotatable bonds is 3. The minimum absolute atomic E-state index is 0.0809. The van der Waals surface area contributed by atoms with Crippen molar-refractivity contribution in [3.63, 3.8) is 0 Å². The molecule has 1 unspecified atom stereocenters. The number of hydrogen-bond acceptors (Lipinski definition) is 2. The third-order valence-corrected chi connectivity index (χ3v) is 3.73. The third-order valence-electron chi connectivity index (χ3n) is 3.18. The standard InChI is InChI=1S/C12H14BCl2N2O/c1-13-4-8-2-3-11(18)17(7-8)12-9(14)5-16-6-10(12)15/h5-6,8H,2-4,7H2,1H3. The van der Waals surface area contributed by atoms with Crippen molar-refractivity contribution < 1.29 is 4.79 Å². The molecule has 1 atom stereocenters. The van der Waals surface area contributed by atoms with Gasteiger partial charge in [-0.25, -0.2) is 0 Å². The molecule has 0 aromatic carbocycles. The fourth-order valence-electron chi connectivity index (χ4n) is 2.32. The van der Waals surface area contributed by atoms with Gasteiger partial charge in [-0.2, -0.15) is 0 Å². The molecule has 1 saturated heterocycles. The molecule has 1 fully saturated rings. The molecule has 0 aliphatic carbocycles. The molecule has 1 aliphatic heterocycles. The van der Waals surface area contributed by atoms with Gasteiger partial charge in [0.25, 0.3) is 0 Å². The Balaban J connectivity index is 2.27. The van der Waals surface area contributed by atoms with E-state index in [1.165, 1.54) is 12.4 Å². The van der Waals surface area contributed by atoms with Gasteiger partial charge in [0.15, 0.2) is 0 Å². The van der Waals surface area contributed by atoms with E-state index in [0.717, 1.165) is 12.7 Å². The maximum atomic E-state index is 12.0. The van der Waals surface area contributed by atoms with Crippen LogP contribution >= 0.6 is 23.2 Å². The number of carbonyl (C=O) groups excluding carboxylic acids is 1. The maximum Gasteiger partial charge on any atom is 0.227 e. The van der Waals surface area contributed by atoms with Crippen LogP contribution in [-0.4, -0.2) is 24.7 Å². The topological polar surface area (TPSA) is 33.2 Å². The fourth-order valence-corrected chi connectivity index (χ4v) is 2.89. The van der Waals surface area contributed by atoms with Crippen molar-refractivity contribution in [2.24, 2.45) is 5.92 Å². The van der Waals surface area contributed by atoms with E-state index in [-0.39, 0.29) is 5.91 Å². The molecule has 2 heterocycles. The number of pyridine rings is 1. The highest BCUT2D eigenvalue weighted by Gasteiger charge is 2.28. The van der Waals surface area contributed by atoms with Gasteiger partial charge in [-0.3, -0.25) is 9.78 Å². The Morgan fingerprint density at radius 1 is 1.44 bits per heavy atom. The number of amides is 1. The number of carbonyl (C=O) groups is 1. The highest BCUT2D eigenvalue weighted by atomic mass is 35.5. The zero-order chi connectivity index (χ0) is 13.1. The summed E-state index contributed by atoms with van der Waals surface area (Å²) >= 11 is 12.2. The second-order valence-electron chi connectivity index (χ2n) is 4.50. The molecule has 0 bridgehead atoms. The zero-order valence-electron chi connectivity index (χ0n) is 10.2. The fraction of sp³-hybridized carbons (Fsp3) is 0.500. The minimum Gasteiger partial charge on any atom is -0.309 e. The first-order valence-corrected chi connectivity index (χ1v) is 6.76. The highest BCUT2D eigenvalue weighted by Crippen LogP contribution is 2.36. The molecule has 95 valence electrons. The van der Waals surface area contributed by atoms with Crippen molar-refractivity contribution in [2.75, 3.05) is 11.4 Å². The van der Waals surface area contributed by atoms with E-state index in [9.17, 15) is 4.79 Å². The molecule has 3 nitrogen and oxygen atoms in total. The van der Waals surface area contributed by atoms with Crippen molar-refractivity contribution >= 4 is 42.1 Å². The van der Waals surface area contributed by atoms with Crippen LogP contribution in [0, 0.1) is 5.92 Å². The lowest BCUT2D eigenvalue weighted by Gasteiger charge is -2.33. The average molecular weight is 284 g/mol. The summed E-state index contributed by atoms with van der Waals surface area (Å²) in [6.07, 6.45) is 5.52. The molecule has 2 rings (SSSR count). The summed E-state index contributed by atoms with van der Waals surface area (Å²) in [6, 6.07) is 0. The van der Waals surface area contributed by atoms with E-state index in [4.69, 9.17) is 23.2 Å². The smallest absolute Gasteiger partial charge is 0.227 e. The molecule has 1 aromatic rings. The van der Waals surface area contributed by atoms with Crippen LogP contribution in [0.15, 0.2) is 12.4 Å². The Kier molecular flexibility index (Phi) is 4.52. The second-order valence-corrected chi connectivity index (χ2v) is 5.32. The molecule has 18 heavy (non-hydrogen) atoms. The second kappa shape index (κ2) is 5.94. The van der Waals surface area contributed by atoms with Gasteiger partial charge < -0.3 is 4.90 Å². The van der Waals surface area contributed by atoms with Gasteiger partial charge in [0.2, 0.25) is 5.91 Å². The van der Waals surface area contributed by atoms with E-state index >= 15 is 0 Å². The van der Waals surface area contributed by atoms with E-state index < -0.39 is 0 Å². The van der Waals surface area contributed by atoms with Crippen molar-refractivity contribution in [1.29, 1.82) is 0 Å². The predicted molar refractivity (Wildman–Crippen MR) is 75.8 cm³/mol. The van der Waals surface area contributed by atoms with Gasteiger partial charge in [0, 0.05) is 25.4 Å². The molecule has 1 aliphatic rings. The SMILES string of the molecule is C[B]CC1CCC(=O)N(c2c(Cl)cncc2Cl)C1. The van der Waals surface area contributed by atoms with Crippen LogP contribution in [0.1, 0.15) is 12.8 Å². The summed E-state index contributed by atoms with van der Waals surface area (Å²) in [7, 11) is 2.13. The molecule has 1 radical (unpaired) electrons. The van der Waals surface area contributed by atoms with Crippen LogP contribution in [-0.2, 0) is 4.79 Å². The molecule has 6 heteroatoms. The van der Waals surface area contributed by atoms with E-state index in [0.29, 0.717) is 34.6 Å². The number of piperidine rings is 1. The zero-order valence-corrected chi connectivity index (χ0v) is 11.7. The van der Waals surface area contributed by atoms with Crippen LogP contribution in [0.25, 0.3) is 0 Å². The van der Waals surface area contributed by atoms with Crippen molar-refractivity contribution in [2.45, 2.75) is 26.0 Å². The van der Waals surface area contributed by atoms with Crippen molar-refractivity contribution in [3.8, 4) is 0 Å². The Bertz CT molecular complexity index is 435. The van der Waals surface area contributed by atoms with Crippen LogP contribution in [0.5, 0.6) is 0 Å². The van der Waals surface area contributed by atoms with E-state index in [2.05, 4.69) is 12.3 Å². The van der Waals surface area contributed by atoms with E-state index in [1.807, 2.05) is 6.82 Å². The first-order chi connectivity index (χ1) is 8.63. The predicted octanol–water partition coefficient (Wildman–Crippen LogP) is 3.30. The summed E-state index contributed by atoms with van der Waals surface area (Å²) in [5, 5.41) is 0.856. The Morgan fingerprint density at radius 3 is 2.72 bits per heavy atom. The first-order valence-electron chi connectivity index (χ1n) is 6.00. The van der Waals surface area contributed by atoms with Crippen LogP contribution < -0.4 is 4.90 Å². The van der Waals surface area contributed by atoms with Gasteiger partial charge in [0.1, 0.15) is 7.28 Å². The molecular formula is C12H14BCl2N2O. The lowest BCUT2D eigenvalue weighted by molar-refractivity contribution is -0.120. The highest BCUT2D eigenvalue weighted by molar-refractivity contribution is 6.39. The molecule has 0 saturated carbocycles. The van der Waals surface area contributed by atoms with Gasteiger partial charge in [-0.15, -0.1) is 0 Å². The summed E-state index contributed by atoms with van der Waals surface area (Å²) in [5.41, 5.74) is 0.596. The third kappa shape index (κ3) is 2.81. The van der Waals surface area contributed by atoms with Crippen LogP contribution in [0.3, 0.4) is 0 Å². The molecule has 1 aromatic heterocycles. The van der Waals surface area contributed by atoms with Crippen molar-refractivity contribution in [3.05, 3.63) is 22.4 Å². The van der Waals surface area contributed by atoms with Gasteiger partial charge in [-0.1, -0.05) is 36.3 Å². The number of anilines is 1. The van der Waals surface area contributed by atoms with Gasteiger partial charge >= 0.3 is 0 Å². The summed E-state index contributed by atoms with van der Waals surface area (Å²) in [4.78, 5) is 17.6. The quantitative estimate of drug-likeness (QED) is 0.798. The molecule has 0 spiro atoms. The summed E-state index contributed by atoms with van der Waals surface area (Å²) < 4.78 is 0. The first kappa shape index (κ1) is 13.7. The Labute approximate surface area is 118 Å². The van der Waals surface area contributed by atoms with Gasteiger partial charge in [0.05, 0.1) is 15.7 Å². The van der Waals surface area contributed by atoms with Crippen LogP contribution in [0.4, 0.5) is 5.69 Å².